The zero-order valence-corrected chi connectivity index (χ0v) is 20.9. The molecule has 1 saturated heterocycles. The molecule has 1 fully saturated rings. The topological polar surface area (TPSA) is 157 Å². The molecular weight excluding hydrogens is 478 g/mol. The van der Waals surface area contributed by atoms with Crippen LogP contribution in [0.25, 0.3) is 27.9 Å². The second-order valence-electron chi connectivity index (χ2n) is 9.02. The fraction of sp³-hybridized carbons (Fsp3) is 0.360. The molecule has 0 aliphatic carbocycles. The van der Waals surface area contributed by atoms with Crippen molar-refractivity contribution in [2.75, 3.05) is 38.1 Å². The number of hydrogen-bond donors (Lipinski definition) is 3. The van der Waals surface area contributed by atoms with Gasteiger partial charge in [-0.3, -0.25) is 19.4 Å². The third kappa shape index (κ3) is 6.09. The highest BCUT2D eigenvalue weighted by Crippen LogP contribution is 2.23. The molecule has 194 valence electrons. The van der Waals surface area contributed by atoms with Crippen LogP contribution in [0.1, 0.15) is 24.2 Å². The number of benzene rings is 1. The highest BCUT2D eigenvalue weighted by Gasteiger charge is 2.16. The number of carboxylic acids is 2. The summed E-state index contributed by atoms with van der Waals surface area (Å²) in [7, 11) is 2.13. The van der Waals surface area contributed by atoms with E-state index in [0.29, 0.717) is 22.4 Å². The largest absolute Gasteiger partial charge is 0.481 e. The van der Waals surface area contributed by atoms with Crippen LogP contribution in [-0.2, 0) is 9.59 Å². The number of fused-ring (bicyclic) bond motifs is 2. The number of piperazine rings is 1. The van der Waals surface area contributed by atoms with E-state index in [9.17, 15) is 14.4 Å². The van der Waals surface area contributed by atoms with Gasteiger partial charge in [-0.1, -0.05) is 0 Å². The van der Waals surface area contributed by atoms with E-state index in [1.807, 2.05) is 44.3 Å². The molecular formula is C25H29N7O5. The van der Waals surface area contributed by atoms with Crippen LogP contribution in [0.15, 0.2) is 35.3 Å². The van der Waals surface area contributed by atoms with Crippen LogP contribution in [0.2, 0.25) is 0 Å². The Kier molecular flexibility index (Phi) is 7.48. The molecule has 1 aromatic carbocycles. The van der Waals surface area contributed by atoms with Crippen molar-refractivity contribution in [3.63, 3.8) is 0 Å². The predicted molar refractivity (Wildman–Crippen MR) is 138 cm³/mol. The van der Waals surface area contributed by atoms with Crippen molar-refractivity contribution >= 4 is 34.0 Å². The maximum Gasteiger partial charge on any atom is 0.303 e. The van der Waals surface area contributed by atoms with Crippen molar-refractivity contribution in [1.29, 1.82) is 0 Å². The van der Waals surface area contributed by atoms with Gasteiger partial charge in [0.1, 0.15) is 5.69 Å². The van der Waals surface area contributed by atoms with Crippen molar-refractivity contribution in [1.82, 2.24) is 29.5 Å². The lowest BCUT2D eigenvalue weighted by molar-refractivity contribution is -0.143. The minimum atomic E-state index is -1.08. The molecule has 4 aromatic rings. The minimum absolute atomic E-state index is 0.149. The molecule has 0 radical (unpaired) electrons. The SMILES string of the molecule is Cc1cn2nc(-c3nc4ccc(N5CCN(C)CC5)cc4c(=O)[nH]3)cc2c(C)n1.O=C(O)CCC(=O)O. The van der Waals surface area contributed by atoms with Crippen molar-refractivity contribution < 1.29 is 19.8 Å². The molecule has 0 unspecified atom stereocenters. The maximum atomic E-state index is 12.8. The molecule has 0 spiro atoms. The van der Waals surface area contributed by atoms with Crippen molar-refractivity contribution in [3.8, 4) is 11.5 Å². The Bertz CT molecular complexity index is 1510. The van der Waals surface area contributed by atoms with Gasteiger partial charge in [0.25, 0.3) is 5.56 Å². The van der Waals surface area contributed by atoms with E-state index in [1.54, 1.807) is 4.52 Å². The van der Waals surface area contributed by atoms with E-state index in [-0.39, 0.29) is 18.4 Å². The highest BCUT2D eigenvalue weighted by atomic mass is 16.4. The van der Waals surface area contributed by atoms with Crippen molar-refractivity contribution in [3.05, 3.63) is 52.2 Å². The lowest BCUT2D eigenvalue weighted by atomic mass is 10.2. The number of likely N-dealkylation sites (N-methyl/N-ethyl adjacent to an activating group) is 1. The van der Waals surface area contributed by atoms with Gasteiger partial charge in [0.05, 0.1) is 46.8 Å². The number of carboxylic acid groups (broad SMARTS) is 2. The summed E-state index contributed by atoms with van der Waals surface area (Å²) in [6.45, 7) is 7.84. The molecule has 0 atom stereocenters. The summed E-state index contributed by atoms with van der Waals surface area (Å²) in [5.41, 5.74) is 4.90. The number of anilines is 1. The van der Waals surface area contributed by atoms with Gasteiger partial charge in [-0.15, -0.1) is 0 Å². The molecule has 0 saturated carbocycles. The molecule has 1 aliphatic heterocycles. The number of aromatic amines is 1. The molecule has 5 rings (SSSR count). The predicted octanol–water partition coefficient (Wildman–Crippen LogP) is 1.94. The number of rotatable bonds is 5. The lowest BCUT2D eigenvalue weighted by Crippen LogP contribution is -2.44. The quantitative estimate of drug-likeness (QED) is 0.365. The Morgan fingerprint density at radius 1 is 1.00 bits per heavy atom. The van der Waals surface area contributed by atoms with E-state index < -0.39 is 11.9 Å². The summed E-state index contributed by atoms with van der Waals surface area (Å²) < 4.78 is 1.79. The second kappa shape index (κ2) is 10.7. The smallest absolute Gasteiger partial charge is 0.303 e. The number of aliphatic carboxylic acids is 2. The molecule has 0 amide bonds. The standard InChI is InChI=1S/C21H23N7O.C4H6O4/c1-13-12-28-19(14(2)22-13)11-18(25-28)20-23-17-5-4-15(10-16(17)21(29)24-20)27-8-6-26(3)7-9-27;5-3(6)1-2-4(7)8/h4-5,10-12H,6-9H2,1-3H3,(H,23,24,29);1-2H2,(H,5,6)(H,7,8). The molecule has 12 heteroatoms. The lowest BCUT2D eigenvalue weighted by Gasteiger charge is -2.34. The van der Waals surface area contributed by atoms with Crippen LogP contribution < -0.4 is 10.5 Å². The van der Waals surface area contributed by atoms with Crippen LogP contribution in [0.3, 0.4) is 0 Å². The first-order valence-corrected chi connectivity index (χ1v) is 11.9. The van der Waals surface area contributed by atoms with Crippen molar-refractivity contribution in [2.24, 2.45) is 0 Å². The Morgan fingerprint density at radius 3 is 2.32 bits per heavy atom. The van der Waals surface area contributed by atoms with Gasteiger partial charge in [0.15, 0.2) is 5.82 Å². The third-order valence-electron chi connectivity index (χ3n) is 6.11. The maximum absolute atomic E-state index is 12.8. The van der Waals surface area contributed by atoms with Crippen LogP contribution in [-0.4, -0.2) is 84.8 Å². The Morgan fingerprint density at radius 2 is 1.68 bits per heavy atom. The fourth-order valence-corrected chi connectivity index (χ4v) is 4.13. The first-order chi connectivity index (χ1) is 17.6. The van der Waals surface area contributed by atoms with Crippen LogP contribution in [0.5, 0.6) is 0 Å². The van der Waals surface area contributed by atoms with Crippen LogP contribution in [0, 0.1) is 13.8 Å². The summed E-state index contributed by atoms with van der Waals surface area (Å²) in [4.78, 5) is 48.8. The summed E-state index contributed by atoms with van der Waals surface area (Å²) >= 11 is 0. The van der Waals surface area contributed by atoms with Gasteiger partial charge in [-0.25, -0.2) is 9.50 Å². The number of nitrogens with one attached hydrogen (secondary N) is 1. The first kappa shape index (κ1) is 25.8. The van der Waals surface area contributed by atoms with Crippen LogP contribution in [0.4, 0.5) is 5.69 Å². The fourth-order valence-electron chi connectivity index (χ4n) is 4.13. The van der Waals surface area contributed by atoms with Gasteiger partial charge in [0.2, 0.25) is 0 Å². The average Bonchev–Trinajstić information content (AvgIpc) is 3.28. The van der Waals surface area contributed by atoms with Gasteiger partial charge in [-0.05, 0) is 45.2 Å². The Balaban J connectivity index is 0.000000349. The molecule has 3 aromatic heterocycles. The Hall–Kier alpha value is -4.32. The third-order valence-corrected chi connectivity index (χ3v) is 6.11. The van der Waals surface area contributed by atoms with E-state index in [4.69, 9.17) is 10.2 Å². The Labute approximate surface area is 212 Å². The summed E-state index contributed by atoms with van der Waals surface area (Å²) in [6.07, 6.45) is 1.28. The van der Waals surface area contributed by atoms with E-state index in [2.05, 4.69) is 36.9 Å². The summed E-state index contributed by atoms with van der Waals surface area (Å²) in [5.74, 6) is -1.68. The summed E-state index contributed by atoms with van der Waals surface area (Å²) in [5, 5.41) is 21.0. The van der Waals surface area contributed by atoms with Gasteiger partial charge in [0, 0.05) is 31.9 Å². The zero-order valence-electron chi connectivity index (χ0n) is 20.9. The van der Waals surface area contributed by atoms with Gasteiger partial charge in [-0.2, -0.15) is 5.10 Å². The molecule has 0 bridgehead atoms. The van der Waals surface area contributed by atoms with Gasteiger partial charge >= 0.3 is 11.9 Å². The number of hydrogen-bond acceptors (Lipinski definition) is 8. The molecule has 4 heterocycles. The van der Waals surface area contributed by atoms with Gasteiger partial charge < -0.3 is 25.0 Å². The number of nitrogens with zero attached hydrogens (tertiary/aromatic N) is 6. The molecule has 37 heavy (non-hydrogen) atoms. The normalized spacial score (nSPS) is 14.0. The van der Waals surface area contributed by atoms with Crippen molar-refractivity contribution in [2.45, 2.75) is 26.7 Å². The monoisotopic (exact) mass is 507 g/mol. The first-order valence-electron chi connectivity index (χ1n) is 11.9. The second-order valence-corrected chi connectivity index (χ2v) is 9.02. The van der Waals surface area contributed by atoms with E-state index >= 15 is 0 Å². The number of H-pyrrole nitrogens is 1. The number of aromatic nitrogens is 5. The average molecular weight is 508 g/mol. The number of carbonyl (C=O) groups is 2. The van der Waals surface area contributed by atoms with E-state index in [0.717, 1.165) is 48.8 Å². The van der Waals surface area contributed by atoms with Crippen LogP contribution >= 0.6 is 0 Å². The number of aryl methyl sites for hydroxylation is 2. The molecule has 12 nitrogen and oxygen atoms in total. The minimum Gasteiger partial charge on any atom is -0.481 e. The highest BCUT2D eigenvalue weighted by molar-refractivity contribution is 5.83. The zero-order chi connectivity index (χ0) is 26.7. The molecule has 3 N–H and O–H groups in total. The van der Waals surface area contributed by atoms with E-state index in [1.165, 1.54) is 0 Å². The summed E-state index contributed by atoms with van der Waals surface area (Å²) in [6, 6.07) is 7.82. The molecule has 1 aliphatic rings.